The number of Topliss-reactive ketones (excluding diaryl/α,β-unsaturated/α-hetero) is 1. The van der Waals surface area contributed by atoms with Gasteiger partial charge in [-0.15, -0.1) is 0 Å². The molecule has 164 valence electrons. The maximum Gasteiger partial charge on any atom is 0.223 e. The van der Waals surface area contributed by atoms with Gasteiger partial charge in [-0.2, -0.15) is 0 Å². The van der Waals surface area contributed by atoms with Gasteiger partial charge in [0.1, 0.15) is 5.82 Å². The van der Waals surface area contributed by atoms with Gasteiger partial charge in [0.2, 0.25) is 5.91 Å². The van der Waals surface area contributed by atoms with Gasteiger partial charge in [-0.1, -0.05) is 24.3 Å². The van der Waals surface area contributed by atoms with Crippen molar-refractivity contribution in [1.82, 2.24) is 14.9 Å². The number of piperazine rings is 1. The Morgan fingerprint density at radius 1 is 0.844 bits per heavy atom. The van der Waals surface area contributed by atoms with Gasteiger partial charge in [-0.3, -0.25) is 14.6 Å². The van der Waals surface area contributed by atoms with Gasteiger partial charge in [0.25, 0.3) is 0 Å². The van der Waals surface area contributed by atoms with E-state index in [2.05, 4.69) is 16.0 Å². The van der Waals surface area contributed by atoms with Crippen LogP contribution in [0.25, 0.3) is 11.0 Å². The molecule has 0 radical (unpaired) electrons. The van der Waals surface area contributed by atoms with Crippen LogP contribution in [0.2, 0.25) is 0 Å². The third kappa shape index (κ3) is 4.35. The van der Waals surface area contributed by atoms with Crippen LogP contribution in [0.4, 0.5) is 5.82 Å². The van der Waals surface area contributed by atoms with Crippen LogP contribution in [-0.2, 0) is 17.6 Å². The van der Waals surface area contributed by atoms with Crippen LogP contribution in [0.5, 0.6) is 0 Å². The van der Waals surface area contributed by atoms with Crippen molar-refractivity contribution >= 4 is 28.5 Å². The van der Waals surface area contributed by atoms with Crippen LogP contribution < -0.4 is 4.90 Å². The maximum atomic E-state index is 12.7. The molecule has 32 heavy (non-hydrogen) atoms. The third-order valence-corrected chi connectivity index (χ3v) is 6.63. The van der Waals surface area contributed by atoms with Crippen LogP contribution in [0.3, 0.4) is 0 Å². The summed E-state index contributed by atoms with van der Waals surface area (Å²) in [4.78, 5) is 38.6. The van der Waals surface area contributed by atoms with E-state index in [9.17, 15) is 9.59 Å². The van der Waals surface area contributed by atoms with Crippen LogP contribution in [0.1, 0.15) is 47.2 Å². The predicted molar refractivity (Wildman–Crippen MR) is 125 cm³/mol. The normalized spacial score (nSPS) is 16.1. The molecule has 6 nitrogen and oxygen atoms in total. The largest absolute Gasteiger partial charge is 0.352 e. The van der Waals surface area contributed by atoms with Gasteiger partial charge >= 0.3 is 0 Å². The number of hydrogen-bond donors (Lipinski definition) is 0. The Kier molecular flexibility index (Phi) is 5.84. The smallest absolute Gasteiger partial charge is 0.223 e. The summed E-state index contributed by atoms with van der Waals surface area (Å²) in [6.45, 7) is 2.72. The molecule has 0 unspecified atom stereocenters. The molecule has 0 saturated carbocycles. The van der Waals surface area contributed by atoms with Crippen molar-refractivity contribution in [3.05, 3.63) is 65.4 Å². The second kappa shape index (κ2) is 9.07. The molecule has 2 aliphatic rings. The summed E-state index contributed by atoms with van der Waals surface area (Å²) in [5.41, 5.74) is 5.19. The Hall–Kier alpha value is -3.28. The second-order valence-electron chi connectivity index (χ2n) is 8.70. The fraction of sp³-hybridized carbons (Fsp3) is 0.385. The number of anilines is 1. The fourth-order valence-electron chi connectivity index (χ4n) is 4.71. The van der Waals surface area contributed by atoms with Gasteiger partial charge < -0.3 is 9.80 Å². The molecule has 0 spiro atoms. The van der Waals surface area contributed by atoms with Crippen LogP contribution in [0.15, 0.2) is 48.7 Å². The number of ketones is 1. The first-order valence-electron chi connectivity index (χ1n) is 11.6. The predicted octanol–water partition coefficient (Wildman–Crippen LogP) is 3.82. The van der Waals surface area contributed by atoms with E-state index in [1.165, 1.54) is 24.0 Å². The highest BCUT2D eigenvalue weighted by molar-refractivity contribution is 5.98. The standard InChI is InChI=1S/C26H28N4O2/c31-24(21-10-9-19-5-1-2-6-20(19)17-21)11-12-26(32)30-15-13-29(14-16-30)25-18-27-22-7-3-4-8-23(22)28-25/h3-4,7-10,17-18H,1-2,5-6,11-16H2. The Morgan fingerprint density at radius 3 is 2.41 bits per heavy atom. The number of aryl methyl sites for hydroxylation is 2. The molecule has 2 aromatic carbocycles. The summed E-state index contributed by atoms with van der Waals surface area (Å²) in [7, 11) is 0. The maximum absolute atomic E-state index is 12.7. The van der Waals surface area contributed by atoms with E-state index in [1.807, 2.05) is 41.3 Å². The highest BCUT2D eigenvalue weighted by Gasteiger charge is 2.23. The molecule has 0 atom stereocenters. The molecule has 1 amide bonds. The molecule has 0 bridgehead atoms. The number of aromatic nitrogens is 2. The zero-order valence-corrected chi connectivity index (χ0v) is 18.3. The van der Waals surface area contributed by atoms with E-state index in [0.29, 0.717) is 13.1 Å². The number of nitrogens with zero attached hydrogens (tertiary/aromatic N) is 4. The lowest BCUT2D eigenvalue weighted by Gasteiger charge is -2.35. The summed E-state index contributed by atoms with van der Waals surface area (Å²) in [5, 5.41) is 0. The summed E-state index contributed by atoms with van der Waals surface area (Å²) in [6, 6.07) is 13.9. The topological polar surface area (TPSA) is 66.4 Å². The van der Waals surface area contributed by atoms with Crippen molar-refractivity contribution in [2.75, 3.05) is 31.1 Å². The molecule has 1 aliphatic heterocycles. The van der Waals surface area contributed by atoms with Crippen LogP contribution in [0, 0.1) is 0 Å². The average molecular weight is 429 g/mol. The van der Waals surface area contributed by atoms with Crippen molar-refractivity contribution in [3.8, 4) is 0 Å². The van der Waals surface area contributed by atoms with Gasteiger partial charge in [0.15, 0.2) is 5.78 Å². The third-order valence-electron chi connectivity index (χ3n) is 6.63. The van der Waals surface area contributed by atoms with Crippen molar-refractivity contribution in [1.29, 1.82) is 0 Å². The first-order valence-corrected chi connectivity index (χ1v) is 11.6. The van der Waals surface area contributed by atoms with E-state index in [1.54, 1.807) is 6.20 Å². The van der Waals surface area contributed by atoms with Crippen LogP contribution in [-0.4, -0.2) is 52.7 Å². The molecule has 2 heterocycles. The van der Waals surface area contributed by atoms with E-state index in [4.69, 9.17) is 4.98 Å². The SMILES string of the molecule is O=C(CCC(=O)N1CCN(c2cnc3ccccc3n2)CC1)c1ccc2c(c1)CCCC2. The molecule has 3 aromatic rings. The zero-order valence-electron chi connectivity index (χ0n) is 18.3. The minimum atomic E-state index is 0.0561. The monoisotopic (exact) mass is 428 g/mol. The average Bonchev–Trinajstić information content (AvgIpc) is 2.86. The summed E-state index contributed by atoms with van der Waals surface area (Å²) in [5.74, 6) is 0.968. The van der Waals surface area contributed by atoms with E-state index < -0.39 is 0 Å². The molecule has 1 fully saturated rings. The number of fused-ring (bicyclic) bond motifs is 2. The molecule has 5 rings (SSSR count). The number of carbonyl (C=O) groups excluding carboxylic acids is 2. The molecule has 0 N–H and O–H groups in total. The quantitative estimate of drug-likeness (QED) is 0.578. The number of carbonyl (C=O) groups is 2. The van der Waals surface area contributed by atoms with Crippen LogP contribution >= 0.6 is 0 Å². The molecular formula is C26H28N4O2. The van der Waals surface area contributed by atoms with E-state index in [-0.39, 0.29) is 24.5 Å². The van der Waals surface area contributed by atoms with Crippen molar-refractivity contribution in [3.63, 3.8) is 0 Å². The number of hydrogen-bond acceptors (Lipinski definition) is 5. The summed E-state index contributed by atoms with van der Waals surface area (Å²) >= 11 is 0. The van der Waals surface area contributed by atoms with Gasteiger partial charge in [0, 0.05) is 44.6 Å². The number of amides is 1. The Morgan fingerprint density at radius 2 is 1.59 bits per heavy atom. The minimum Gasteiger partial charge on any atom is -0.352 e. The Balaban J connectivity index is 1.14. The van der Waals surface area contributed by atoms with Gasteiger partial charge in [-0.05, 0) is 55.0 Å². The first-order chi connectivity index (χ1) is 15.7. The molecule has 1 saturated heterocycles. The Labute approximate surface area is 188 Å². The number of para-hydroxylation sites is 2. The Bertz CT molecular complexity index is 1150. The highest BCUT2D eigenvalue weighted by atomic mass is 16.2. The number of rotatable bonds is 5. The minimum absolute atomic E-state index is 0.0561. The van der Waals surface area contributed by atoms with Gasteiger partial charge in [0.05, 0.1) is 17.2 Å². The second-order valence-corrected chi connectivity index (χ2v) is 8.70. The zero-order chi connectivity index (χ0) is 21.9. The fourth-order valence-corrected chi connectivity index (χ4v) is 4.71. The lowest BCUT2D eigenvalue weighted by molar-refractivity contribution is -0.131. The van der Waals surface area contributed by atoms with Crippen molar-refractivity contribution in [2.45, 2.75) is 38.5 Å². The number of benzene rings is 2. The summed E-state index contributed by atoms with van der Waals surface area (Å²) < 4.78 is 0. The summed E-state index contributed by atoms with van der Waals surface area (Å²) in [6.07, 6.45) is 6.94. The van der Waals surface area contributed by atoms with E-state index >= 15 is 0 Å². The van der Waals surface area contributed by atoms with Crippen molar-refractivity contribution in [2.24, 2.45) is 0 Å². The lowest BCUT2D eigenvalue weighted by atomic mass is 9.89. The van der Waals surface area contributed by atoms with Gasteiger partial charge in [-0.25, -0.2) is 4.98 Å². The van der Waals surface area contributed by atoms with E-state index in [0.717, 1.165) is 48.3 Å². The highest BCUT2D eigenvalue weighted by Crippen LogP contribution is 2.23. The molecule has 1 aromatic heterocycles. The lowest BCUT2D eigenvalue weighted by Crippen LogP contribution is -2.49. The molecular weight excluding hydrogens is 400 g/mol. The first kappa shape index (κ1) is 20.6. The molecule has 6 heteroatoms. The molecule has 1 aliphatic carbocycles. The van der Waals surface area contributed by atoms with Crippen molar-refractivity contribution < 1.29 is 9.59 Å².